The Hall–Kier alpha value is -1.75. The molecule has 10 heteroatoms. The summed E-state index contributed by atoms with van der Waals surface area (Å²) in [6, 6.07) is 13.0. The summed E-state index contributed by atoms with van der Waals surface area (Å²) >= 11 is 0. The van der Waals surface area contributed by atoms with Gasteiger partial charge in [0.05, 0.1) is 22.4 Å². The van der Waals surface area contributed by atoms with E-state index in [9.17, 15) is 30.3 Å². The molecule has 3 rings (SSSR count). The van der Waals surface area contributed by atoms with Gasteiger partial charge in [-0.25, -0.2) is 0 Å². The smallest absolute Gasteiger partial charge is 0.402 e. The van der Waals surface area contributed by atoms with Gasteiger partial charge >= 0.3 is 14.6 Å². The summed E-state index contributed by atoms with van der Waals surface area (Å²) in [6.45, 7) is 14.4. The van der Waals surface area contributed by atoms with E-state index in [4.69, 9.17) is 9.31 Å². The first-order chi connectivity index (χ1) is 23.8. The van der Waals surface area contributed by atoms with E-state index >= 15 is 0 Å². The second-order valence-electron chi connectivity index (χ2n) is 16.7. The molecule has 2 atom stereocenters. The van der Waals surface area contributed by atoms with E-state index in [2.05, 4.69) is 50.2 Å². The fourth-order valence-electron chi connectivity index (χ4n) is 7.94. The normalized spacial score (nSPS) is 16.4. The topological polar surface area (TPSA) is 140 Å². The summed E-state index contributed by atoms with van der Waals surface area (Å²) in [7, 11) is -4.05. The van der Waals surface area contributed by atoms with E-state index in [1.165, 1.54) is 73.6 Å². The first kappa shape index (κ1) is 43.7. The van der Waals surface area contributed by atoms with Crippen molar-refractivity contribution in [1.82, 2.24) is 0 Å². The van der Waals surface area contributed by atoms with Gasteiger partial charge < -0.3 is 39.6 Å². The largest absolute Gasteiger partial charge is 0.634 e. The zero-order valence-corrected chi connectivity index (χ0v) is 32.9. The molecule has 1 aliphatic carbocycles. The summed E-state index contributed by atoms with van der Waals surface area (Å²) in [5.41, 5.74) is 1.21. The molecule has 0 bridgehead atoms. The van der Waals surface area contributed by atoms with Crippen LogP contribution in [-0.4, -0.2) is 67.4 Å². The summed E-state index contributed by atoms with van der Waals surface area (Å²) in [6.07, 6.45) is 16.8. The van der Waals surface area contributed by atoms with Crippen LogP contribution in [0, 0.1) is 0 Å². The van der Waals surface area contributed by atoms with Crippen molar-refractivity contribution in [3.63, 3.8) is 0 Å². The minimum absolute atomic E-state index is 0.276. The molecular formula is C41H68B2O8. The third-order valence-corrected chi connectivity index (χ3v) is 11.8. The quantitative estimate of drug-likeness (QED) is 0.0485. The fourth-order valence-corrected chi connectivity index (χ4v) is 7.94. The number of rotatable bonds is 24. The molecule has 0 saturated heterocycles. The highest BCUT2D eigenvalue weighted by molar-refractivity contribution is 6.33. The standard InChI is InChI=1S/C41H68B2O8/c1-9-11-13-15-17-19-25-41(26-20-18-16-14-12-10-2)35-27-31(29-39(7,37(3,4)44)50-42(46)47)21-23-33(35)34-24-22-32(28-36(34)41)30-40(8,38(5,6)45)51-43(48)49/h21-24,27-28,44-49H,9-20,25-26,29-30H2,1-8H3. The van der Waals surface area contributed by atoms with Crippen molar-refractivity contribution in [2.75, 3.05) is 0 Å². The molecule has 0 fully saturated rings. The van der Waals surface area contributed by atoms with Crippen LogP contribution in [0.1, 0.15) is 168 Å². The molecular weight excluding hydrogens is 642 g/mol. The van der Waals surface area contributed by atoms with Crippen LogP contribution in [0.4, 0.5) is 0 Å². The van der Waals surface area contributed by atoms with Crippen LogP contribution >= 0.6 is 0 Å². The van der Waals surface area contributed by atoms with Crippen LogP contribution < -0.4 is 0 Å². The molecule has 0 saturated carbocycles. The lowest BCUT2D eigenvalue weighted by molar-refractivity contribution is -0.120. The van der Waals surface area contributed by atoms with Crippen LogP contribution in [0.2, 0.25) is 0 Å². The Morgan fingerprint density at radius 1 is 0.529 bits per heavy atom. The van der Waals surface area contributed by atoms with Crippen molar-refractivity contribution >= 4 is 14.6 Å². The Morgan fingerprint density at radius 3 is 1.18 bits per heavy atom. The number of hydrogen-bond donors (Lipinski definition) is 6. The van der Waals surface area contributed by atoms with Crippen LogP contribution in [0.3, 0.4) is 0 Å². The first-order valence-corrected chi connectivity index (χ1v) is 19.6. The Labute approximate surface area is 309 Å². The molecule has 2 aromatic carbocycles. The van der Waals surface area contributed by atoms with E-state index in [1.807, 2.05) is 0 Å². The van der Waals surface area contributed by atoms with Crippen molar-refractivity contribution in [2.24, 2.45) is 0 Å². The predicted molar refractivity (Wildman–Crippen MR) is 208 cm³/mol. The minimum Gasteiger partial charge on any atom is -0.402 e. The van der Waals surface area contributed by atoms with Crippen LogP contribution in [0.5, 0.6) is 0 Å². The van der Waals surface area contributed by atoms with Gasteiger partial charge in [-0.1, -0.05) is 127 Å². The molecule has 1 aliphatic rings. The lowest BCUT2D eigenvalue weighted by Gasteiger charge is -2.41. The average Bonchev–Trinajstić information content (AvgIpc) is 3.27. The van der Waals surface area contributed by atoms with Gasteiger partial charge in [0.2, 0.25) is 0 Å². The summed E-state index contributed by atoms with van der Waals surface area (Å²) in [5.74, 6) is 0. The monoisotopic (exact) mass is 711 g/mol. The Kier molecular flexibility index (Phi) is 15.9. The van der Waals surface area contributed by atoms with Gasteiger partial charge in [0.1, 0.15) is 0 Å². The Morgan fingerprint density at radius 2 is 0.863 bits per heavy atom. The molecule has 0 aromatic heterocycles. The highest BCUT2D eigenvalue weighted by atomic mass is 16.6. The number of aliphatic hydroxyl groups is 2. The summed E-state index contributed by atoms with van der Waals surface area (Å²) in [4.78, 5) is 0. The second-order valence-corrected chi connectivity index (χ2v) is 16.7. The highest BCUT2D eigenvalue weighted by Gasteiger charge is 2.47. The van der Waals surface area contributed by atoms with Gasteiger partial charge in [0.15, 0.2) is 0 Å². The van der Waals surface area contributed by atoms with Crippen LogP contribution in [-0.2, 0) is 27.6 Å². The molecule has 6 N–H and O–H groups in total. The third-order valence-electron chi connectivity index (χ3n) is 11.8. The molecule has 286 valence electrons. The molecule has 8 nitrogen and oxygen atoms in total. The van der Waals surface area contributed by atoms with E-state index < -0.39 is 37.0 Å². The number of fused-ring (bicyclic) bond motifs is 3. The zero-order chi connectivity index (χ0) is 38.1. The van der Waals surface area contributed by atoms with Gasteiger partial charge in [-0.3, -0.25) is 0 Å². The van der Waals surface area contributed by atoms with Crippen molar-refractivity contribution in [3.05, 3.63) is 58.7 Å². The fraction of sp³-hybridized carbons (Fsp3) is 0.707. The number of hydrogen-bond acceptors (Lipinski definition) is 8. The maximum atomic E-state index is 11.1. The first-order valence-electron chi connectivity index (χ1n) is 19.6. The van der Waals surface area contributed by atoms with Crippen molar-refractivity contribution in [1.29, 1.82) is 0 Å². The van der Waals surface area contributed by atoms with Gasteiger partial charge in [-0.2, -0.15) is 0 Å². The van der Waals surface area contributed by atoms with Gasteiger partial charge in [0.25, 0.3) is 0 Å². The second kappa shape index (κ2) is 18.5. The van der Waals surface area contributed by atoms with Crippen molar-refractivity contribution < 1.29 is 39.6 Å². The van der Waals surface area contributed by atoms with E-state index in [1.54, 1.807) is 41.5 Å². The molecule has 0 aliphatic heterocycles. The molecule has 0 amide bonds. The molecule has 51 heavy (non-hydrogen) atoms. The third kappa shape index (κ3) is 11.1. The molecule has 2 unspecified atom stereocenters. The van der Waals surface area contributed by atoms with Crippen molar-refractivity contribution in [2.45, 2.75) is 186 Å². The highest BCUT2D eigenvalue weighted by Crippen LogP contribution is 2.55. The van der Waals surface area contributed by atoms with E-state index in [0.717, 1.165) is 49.7 Å². The van der Waals surface area contributed by atoms with E-state index in [-0.39, 0.29) is 18.3 Å². The predicted octanol–water partition coefficient (Wildman–Crippen LogP) is 7.57. The SMILES string of the molecule is CCCCCCCCC1(CCCCCCCC)c2cc(CC(C)(OB(O)O)C(C)(C)O)ccc2-c2ccc(CC(C)(OB(O)O)C(C)(C)O)cc21. The summed E-state index contributed by atoms with van der Waals surface area (Å²) < 4.78 is 11.1. The number of benzene rings is 2. The van der Waals surface area contributed by atoms with Crippen LogP contribution in [0.25, 0.3) is 11.1 Å². The zero-order valence-electron chi connectivity index (χ0n) is 32.9. The molecule has 0 heterocycles. The van der Waals surface area contributed by atoms with E-state index in [0.29, 0.717) is 0 Å². The van der Waals surface area contributed by atoms with Gasteiger partial charge in [0, 0.05) is 18.3 Å². The Bertz CT molecular complexity index is 1260. The lowest BCUT2D eigenvalue weighted by atomic mass is 9.69. The molecule has 2 aromatic rings. The molecule has 0 radical (unpaired) electrons. The maximum Gasteiger partial charge on any atom is 0.634 e. The maximum absolute atomic E-state index is 11.1. The number of unbranched alkanes of at least 4 members (excludes halogenated alkanes) is 10. The van der Waals surface area contributed by atoms with Gasteiger partial charge in [-0.05, 0) is 87.8 Å². The summed E-state index contributed by atoms with van der Waals surface area (Å²) in [5, 5.41) is 61.5. The lowest BCUT2D eigenvalue weighted by Crippen LogP contribution is -2.54. The van der Waals surface area contributed by atoms with Crippen molar-refractivity contribution in [3.8, 4) is 11.1 Å². The van der Waals surface area contributed by atoms with Gasteiger partial charge in [-0.15, -0.1) is 0 Å². The average molecular weight is 711 g/mol. The molecule has 0 spiro atoms. The van der Waals surface area contributed by atoms with Crippen LogP contribution in [0.15, 0.2) is 36.4 Å². The Balaban J connectivity index is 2.18. The minimum atomic E-state index is -2.02.